The minimum Gasteiger partial charge on any atom is -0.464 e. The van der Waals surface area contributed by atoms with Crippen LogP contribution in [0.25, 0.3) is 0 Å². The Kier molecular flexibility index (Phi) is 4.39. The van der Waals surface area contributed by atoms with Gasteiger partial charge >= 0.3 is 0 Å². The molecule has 0 bridgehead atoms. The van der Waals surface area contributed by atoms with E-state index >= 15 is 0 Å². The molecule has 2 aromatic rings. The number of amides is 1. The molecule has 0 radical (unpaired) electrons. The maximum Gasteiger partial charge on any atom is 0.254 e. The number of carbonyl (C=O) groups excluding carboxylic acids is 1. The van der Waals surface area contributed by atoms with Gasteiger partial charge in [0.15, 0.2) is 0 Å². The maximum absolute atomic E-state index is 13.0. The van der Waals surface area contributed by atoms with Gasteiger partial charge in [-0.2, -0.15) is 0 Å². The van der Waals surface area contributed by atoms with Crippen LogP contribution in [0.3, 0.4) is 0 Å². The van der Waals surface area contributed by atoms with Crippen molar-refractivity contribution < 1.29 is 13.9 Å². The minimum absolute atomic E-state index is 0.0102. The number of ether oxygens (including phenoxy) is 1. The van der Waals surface area contributed by atoms with Crippen molar-refractivity contribution in [3.8, 4) is 0 Å². The van der Waals surface area contributed by atoms with Crippen LogP contribution in [-0.2, 0) is 4.74 Å². The highest BCUT2D eigenvalue weighted by molar-refractivity contribution is 5.95. The third-order valence-electron chi connectivity index (χ3n) is 4.09. The highest BCUT2D eigenvalue weighted by Gasteiger charge is 2.31. The Bertz CT molecular complexity index is 693. The fourth-order valence-electron chi connectivity index (χ4n) is 2.80. The molecule has 1 atom stereocenters. The summed E-state index contributed by atoms with van der Waals surface area (Å²) in [5.74, 6) is 1.63. The van der Waals surface area contributed by atoms with Crippen LogP contribution >= 0.6 is 0 Å². The molecular formula is C18H22N2O3. The van der Waals surface area contributed by atoms with Crippen molar-refractivity contribution in [1.82, 2.24) is 4.90 Å². The zero-order chi connectivity index (χ0) is 16.4. The van der Waals surface area contributed by atoms with Crippen LogP contribution < -0.4 is 4.90 Å². The molecule has 1 fully saturated rings. The van der Waals surface area contributed by atoms with E-state index in [4.69, 9.17) is 9.15 Å². The van der Waals surface area contributed by atoms with Crippen LogP contribution in [0.5, 0.6) is 0 Å². The van der Waals surface area contributed by atoms with Crippen LogP contribution in [0.4, 0.5) is 5.69 Å². The van der Waals surface area contributed by atoms with E-state index in [0.717, 1.165) is 17.2 Å². The van der Waals surface area contributed by atoms with E-state index < -0.39 is 0 Å². The van der Waals surface area contributed by atoms with Gasteiger partial charge in [0, 0.05) is 31.9 Å². The van der Waals surface area contributed by atoms with Gasteiger partial charge in [0.2, 0.25) is 0 Å². The number of carbonyl (C=O) groups is 1. The van der Waals surface area contributed by atoms with Crippen molar-refractivity contribution in [2.75, 3.05) is 38.8 Å². The number of furan rings is 1. The van der Waals surface area contributed by atoms with Crippen LogP contribution in [0, 0.1) is 6.92 Å². The number of anilines is 1. The van der Waals surface area contributed by atoms with Crippen molar-refractivity contribution in [3.63, 3.8) is 0 Å². The lowest BCUT2D eigenvalue weighted by Gasteiger charge is -2.34. The molecule has 1 aromatic carbocycles. The number of rotatable bonds is 3. The molecule has 1 saturated heterocycles. The first kappa shape index (κ1) is 15.6. The highest BCUT2D eigenvalue weighted by Crippen LogP contribution is 2.28. The first-order valence-electron chi connectivity index (χ1n) is 7.78. The van der Waals surface area contributed by atoms with Crippen molar-refractivity contribution in [2.45, 2.75) is 13.0 Å². The lowest BCUT2D eigenvalue weighted by atomic mass is 10.1. The van der Waals surface area contributed by atoms with Gasteiger partial charge < -0.3 is 19.0 Å². The number of hydrogen-bond acceptors (Lipinski definition) is 4. The van der Waals surface area contributed by atoms with E-state index in [1.165, 1.54) is 0 Å². The predicted octanol–water partition coefficient (Wildman–Crippen LogP) is 2.87. The fraction of sp³-hybridized carbons (Fsp3) is 0.389. The molecular weight excluding hydrogens is 292 g/mol. The normalized spacial score (nSPS) is 18.0. The number of morpholine rings is 1. The zero-order valence-electron chi connectivity index (χ0n) is 13.8. The average Bonchev–Trinajstić information content (AvgIpc) is 3.00. The molecule has 1 aliphatic heterocycles. The van der Waals surface area contributed by atoms with Crippen LogP contribution in [0.15, 0.2) is 40.8 Å². The molecule has 5 nitrogen and oxygen atoms in total. The first-order chi connectivity index (χ1) is 11.1. The zero-order valence-corrected chi connectivity index (χ0v) is 13.8. The third-order valence-corrected chi connectivity index (χ3v) is 4.09. The summed E-state index contributed by atoms with van der Waals surface area (Å²) in [7, 11) is 3.93. The molecule has 3 rings (SSSR count). The Balaban J connectivity index is 1.88. The van der Waals surface area contributed by atoms with Gasteiger partial charge in [0.1, 0.15) is 17.6 Å². The van der Waals surface area contributed by atoms with E-state index in [9.17, 15) is 4.79 Å². The average molecular weight is 314 g/mol. The Hall–Kier alpha value is -2.27. The Morgan fingerprint density at radius 1 is 1.26 bits per heavy atom. The lowest BCUT2D eigenvalue weighted by Crippen LogP contribution is -2.43. The van der Waals surface area contributed by atoms with Gasteiger partial charge in [-0.15, -0.1) is 0 Å². The SMILES string of the molecule is Cc1ccc([C@@H]2COCCN2C(=O)c2cccc(N(C)C)c2)o1. The predicted molar refractivity (Wildman–Crippen MR) is 88.8 cm³/mol. The lowest BCUT2D eigenvalue weighted by molar-refractivity contribution is -0.00894. The summed E-state index contributed by atoms with van der Waals surface area (Å²) in [6, 6.07) is 11.3. The molecule has 5 heteroatoms. The molecule has 1 amide bonds. The van der Waals surface area contributed by atoms with Crippen LogP contribution in [-0.4, -0.2) is 44.7 Å². The molecule has 1 aromatic heterocycles. The molecule has 0 aliphatic carbocycles. The van der Waals surface area contributed by atoms with Gasteiger partial charge in [-0.25, -0.2) is 0 Å². The molecule has 0 spiro atoms. The standard InChI is InChI=1S/C18H22N2O3/c1-13-7-8-17(23-13)16-12-22-10-9-20(16)18(21)14-5-4-6-15(11-14)19(2)3/h4-8,11,16H,9-10,12H2,1-3H3/t16-/m0/s1. The molecule has 1 aliphatic rings. The number of hydrogen-bond donors (Lipinski definition) is 0. The van der Waals surface area contributed by atoms with Gasteiger partial charge in [-0.3, -0.25) is 4.79 Å². The van der Waals surface area contributed by atoms with Crippen LogP contribution in [0.1, 0.15) is 27.9 Å². The van der Waals surface area contributed by atoms with Crippen molar-refractivity contribution in [1.29, 1.82) is 0 Å². The Morgan fingerprint density at radius 2 is 2.09 bits per heavy atom. The van der Waals surface area contributed by atoms with E-state index in [0.29, 0.717) is 25.3 Å². The first-order valence-corrected chi connectivity index (χ1v) is 7.78. The number of aryl methyl sites for hydroxylation is 1. The molecule has 0 unspecified atom stereocenters. The maximum atomic E-state index is 13.0. The summed E-state index contributed by atoms with van der Waals surface area (Å²) >= 11 is 0. The topological polar surface area (TPSA) is 45.9 Å². The van der Waals surface area contributed by atoms with E-state index in [-0.39, 0.29) is 11.9 Å². The van der Waals surface area contributed by atoms with Gasteiger partial charge in [0.25, 0.3) is 5.91 Å². The molecule has 23 heavy (non-hydrogen) atoms. The smallest absolute Gasteiger partial charge is 0.254 e. The number of benzene rings is 1. The second-order valence-corrected chi connectivity index (χ2v) is 5.98. The van der Waals surface area contributed by atoms with E-state index in [1.807, 2.05) is 67.2 Å². The Labute approximate surface area is 136 Å². The quantitative estimate of drug-likeness (QED) is 0.874. The largest absolute Gasteiger partial charge is 0.464 e. The van der Waals surface area contributed by atoms with Gasteiger partial charge in [-0.05, 0) is 37.3 Å². The second kappa shape index (κ2) is 6.46. The summed E-state index contributed by atoms with van der Waals surface area (Å²) in [5.41, 5.74) is 1.70. The summed E-state index contributed by atoms with van der Waals surface area (Å²) in [6.45, 7) is 3.48. The van der Waals surface area contributed by atoms with Gasteiger partial charge in [-0.1, -0.05) is 6.07 Å². The summed E-state index contributed by atoms with van der Waals surface area (Å²) in [6.07, 6.45) is 0. The summed E-state index contributed by atoms with van der Waals surface area (Å²) < 4.78 is 11.3. The fourth-order valence-corrected chi connectivity index (χ4v) is 2.80. The summed E-state index contributed by atoms with van der Waals surface area (Å²) in [4.78, 5) is 16.8. The van der Waals surface area contributed by atoms with E-state index in [1.54, 1.807) is 0 Å². The number of nitrogens with zero attached hydrogens (tertiary/aromatic N) is 2. The highest BCUT2D eigenvalue weighted by atomic mass is 16.5. The second-order valence-electron chi connectivity index (χ2n) is 5.98. The molecule has 0 saturated carbocycles. The molecule has 122 valence electrons. The van der Waals surface area contributed by atoms with E-state index in [2.05, 4.69) is 0 Å². The molecule has 2 heterocycles. The molecule has 0 N–H and O–H groups in total. The van der Waals surface area contributed by atoms with Crippen molar-refractivity contribution >= 4 is 11.6 Å². The third kappa shape index (κ3) is 3.24. The van der Waals surface area contributed by atoms with Gasteiger partial charge in [0.05, 0.1) is 13.2 Å². The Morgan fingerprint density at radius 3 is 2.78 bits per heavy atom. The monoisotopic (exact) mass is 314 g/mol. The van der Waals surface area contributed by atoms with Crippen LogP contribution in [0.2, 0.25) is 0 Å². The summed E-state index contributed by atoms with van der Waals surface area (Å²) in [5, 5.41) is 0. The van der Waals surface area contributed by atoms with Crippen molar-refractivity contribution in [2.24, 2.45) is 0 Å². The minimum atomic E-state index is -0.173. The van der Waals surface area contributed by atoms with Crippen molar-refractivity contribution in [3.05, 3.63) is 53.5 Å².